The maximum Gasteiger partial charge on any atom is 0.294 e. The van der Waals surface area contributed by atoms with Gasteiger partial charge in [0, 0.05) is 6.04 Å². The summed E-state index contributed by atoms with van der Waals surface area (Å²) < 4.78 is 29.6. The third-order valence-electron chi connectivity index (χ3n) is 4.89. The number of benzene rings is 2. The molecule has 2 aromatic carbocycles. The predicted molar refractivity (Wildman–Crippen MR) is 111 cm³/mol. The summed E-state index contributed by atoms with van der Waals surface area (Å²) in [5.41, 5.74) is 4.10. The fourth-order valence-electron chi connectivity index (χ4n) is 3.56. The summed E-state index contributed by atoms with van der Waals surface area (Å²) in [5.74, 6) is 0. The van der Waals surface area contributed by atoms with E-state index in [1.807, 2.05) is 6.92 Å². The highest BCUT2D eigenvalue weighted by Gasteiger charge is 2.25. The van der Waals surface area contributed by atoms with Crippen LogP contribution < -0.4 is 0 Å². The summed E-state index contributed by atoms with van der Waals surface area (Å²) >= 11 is 0. The molecule has 0 unspecified atom stereocenters. The first-order valence-corrected chi connectivity index (χ1v) is 11.1. The van der Waals surface area contributed by atoms with Gasteiger partial charge in [0.2, 0.25) is 0 Å². The van der Waals surface area contributed by atoms with Crippen molar-refractivity contribution in [1.29, 1.82) is 0 Å². The van der Waals surface area contributed by atoms with Gasteiger partial charge in [-0.2, -0.15) is 8.42 Å². The lowest BCUT2D eigenvalue weighted by Gasteiger charge is -2.27. The van der Waals surface area contributed by atoms with E-state index in [4.69, 9.17) is 4.55 Å². The standard InChI is InChI=1S/C15H23N.C7H8O3S/c1-3-9-16(10-4-2)15-11-13-7-5-6-8-14(13)12-15;1-6-2-4-7(5-3-6)11(8,9)10/h5-8,15H,3-4,9-12H2,1-2H3;2-5H,1H3,(H,8,9,10). The molecule has 27 heavy (non-hydrogen) atoms. The Morgan fingerprint density at radius 1 is 0.926 bits per heavy atom. The van der Waals surface area contributed by atoms with E-state index in [1.165, 1.54) is 50.9 Å². The van der Waals surface area contributed by atoms with Gasteiger partial charge >= 0.3 is 0 Å². The van der Waals surface area contributed by atoms with Crippen molar-refractivity contribution in [1.82, 2.24) is 4.90 Å². The van der Waals surface area contributed by atoms with Crippen molar-refractivity contribution in [3.63, 3.8) is 0 Å². The van der Waals surface area contributed by atoms with Crippen molar-refractivity contribution < 1.29 is 13.0 Å². The van der Waals surface area contributed by atoms with Gasteiger partial charge in [0.15, 0.2) is 0 Å². The monoisotopic (exact) mass is 389 g/mol. The smallest absolute Gasteiger partial charge is 0.294 e. The van der Waals surface area contributed by atoms with Gasteiger partial charge in [-0.25, -0.2) is 0 Å². The molecule has 4 nitrogen and oxygen atoms in total. The van der Waals surface area contributed by atoms with Crippen LogP contribution in [0.1, 0.15) is 43.4 Å². The van der Waals surface area contributed by atoms with E-state index < -0.39 is 10.1 Å². The molecule has 0 saturated carbocycles. The zero-order valence-corrected chi connectivity index (χ0v) is 17.4. The highest BCUT2D eigenvalue weighted by Crippen LogP contribution is 2.25. The molecule has 5 heteroatoms. The number of aryl methyl sites for hydroxylation is 1. The summed E-state index contributed by atoms with van der Waals surface area (Å²) in [4.78, 5) is 2.61. The highest BCUT2D eigenvalue weighted by atomic mass is 32.2. The Labute approximate surface area is 164 Å². The molecular formula is C22H31NO3S. The van der Waals surface area contributed by atoms with Gasteiger partial charge in [0.05, 0.1) is 4.90 Å². The second-order valence-electron chi connectivity index (χ2n) is 7.15. The lowest BCUT2D eigenvalue weighted by Crippen LogP contribution is -2.37. The molecule has 0 aromatic heterocycles. The molecule has 0 atom stereocenters. The molecule has 1 aliphatic rings. The number of hydrogen-bond acceptors (Lipinski definition) is 3. The van der Waals surface area contributed by atoms with Crippen LogP contribution in [0.25, 0.3) is 0 Å². The molecule has 148 valence electrons. The summed E-state index contributed by atoms with van der Waals surface area (Å²) in [6.07, 6.45) is 5.06. The molecule has 1 N–H and O–H groups in total. The zero-order valence-electron chi connectivity index (χ0n) is 16.6. The summed E-state index contributed by atoms with van der Waals surface area (Å²) in [5, 5.41) is 0. The topological polar surface area (TPSA) is 57.6 Å². The van der Waals surface area contributed by atoms with E-state index in [0.717, 1.165) is 11.6 Å². The van der Waals surface area contributed by atoms with Gasteiger partial charge in [-0.1, -0.05) is 55.8 Å². The Balaban J connectivity index is 0.000000208. The average Bonchev–Trinajstić information content (AvgIpc) is 3.06. The maximum atomic E-state index is 10.5. The predicted octanol–water partition coefficient (Wildman–Crippen LogP) is 4.52. The van der Waals surface area contributed by atoms with Crippen LogP contribution in [0.5, 0.6) is 0 Å². The fraction of sp³-hybridized carbons (Fsp3) is 0.455. The van der Waals surface area contributed by atoms with Crippen molar-refractivity contribution in [2.45, 2.75) is 57.4 Å². The highest BCUT2D eigenvalue weighted by molar-refractivity contribution is 7.85. The van der Waals surface area contributed by atoms with E-state index in [-0.39, 0.29) is 4.90 Å². The average molecular weight is 390 g/mol. The molecule has 0 aliphatic heterocycles. The van der Waals surface area contributed by atoms with Crippen molar-refractivity contribution in [2.24, 2.45) is 0 Å². The van der Waals surface area contributed by atoms with Gasteiger partial charge < -0.3 is 0 Å². The molecule has 0 amide bonds. The first kappa shape index (κ1) is 21.6. The lowest BCUT2D eigenvalue weighted by molar-refractivity contribution is 0.202. The minimum Gasteiger partial charge on any atom is -0.300 e. The van der Waals surface area contributed by atoms with Crippen molar-refractivity contribution in [3.8, 4) is 0 Å². The molecule has 1 aliphatic carbocycles. The number of nitrogens with zero attached hydrogens (tertiary/aromatic N) is 1. The maximum absolute atomic E-state index is 10.5. The van der Waals surface area contributed by atoms with E-state index in [1.54, 1.807) is 23.3 Å². The van der Waals surface area contributed by atoms with Crippen LogP contribution in [-0.2, 0) is 23.0 Å². The van der Waals surface area contributed by atoms with Gasteiger partial charge in [-0.3, -0.25) is 9.45 Å². The van der Waals surface area contributed by atoms with Crippen LogP contribution >= 0.6 is 0 Å². The third-order valence-corrected chi connectivity index (χ3v) is 5.75. The van der Waals surface area contributed by atoms with Crippen LogP contribution in [-0.4, -0.2) is 37.0 Å². The zero-order chi connectivity index (χ0) is 19.9. The van der Waals surface area contributed by atoms with Crippen molar-refractivity contribution >= 4 is 10.1 Å². The van der Waals surface area contributed by atoms with Crippen LogP contribution in [0.15, 0.2) is 53.4 Å². The molecule has 2 aromatic rings. The molecule has 0 radical (unpaired) electrons. The van der Waals surface area contributed by atoms with Crippen LogP contribution in [0.3, 0.4) is 0 Å². The van der Waals surface area contributed by atoms with Crippen molar-refractivity contribution in [3.05, 3.63) is 65.2 Å². The molecule has 0 spiro atoms. The number of fused-ring (bicyclic) bond motifs is 1. The fourth-order valence-corrected chi connectivity index (χ4v) is 4.04. The largest absolute Gasteiger partial charge is 0.300 e. The first-order chi connectivity index (χ1) is 12.8. The van der Waals surface area contributed by atoms with Crippen LogP contribution in [0, 0.1) is 6.92 Å². The summed E-state index contributed by atoms with van der Waals surface area (Å²) in [6, 6.07) is 15.7. The van der Waals surface area contributed by atoms with Gasteiger partial charge in [-0.05, 0) is 69.0 Å². The quantitative estimate of drug-likeness (QED) is 0.738. The summed E-state index contributed by atoms with van der Waals surface area (Å²) in [6.45, 7) is 8.92. The Morgan fingerprint density at radius 3 is 1.81 bits per heavy atom. The van der Waals surface area contributed by atoms with Gasteiger partial charge in [0.25, 0.3) is 10.1 Å². The Morgan fingerprint density at radius 2 is 1.41 bits per heavy atom. The molecule has 3 rings (SSSR count). The van der Waals surface area contributed by atoms with E-state index in [0.29, 0.717) is 0 Å². The van der Waals surface area contributed by atoms with Gasteiger partial charge in [0.1, 0.15) is 0 Å². The summed E-state index contributed by atoms with van der Waals surface area (Å²) in [7, 11) is -4.02. The minimum absolute atomic E-state index is 0.0666. The van der Waals surface area contributed by atoms with Gasteiger partial charge in [-0.15, -0.1) is 0 Å². The third kappa shape index (κ3) is 6.45. The molecule has 0 fully saturated rings. The van der Waals surface area contributed by atoms with Crippen molar-refractivity contribution in [2.75, 3.05) is 13.1 Å². The Kier molecular flexibility index (Phi) is 8.02. The lowest BCUT2D eigenvalue weighted by atomic mass is 10.1. The van der Waals surface area contributed by atoms with E-state index in [2.05, 4.69) is 43.0 Å². The SMILES string of the molecule is CCCN(CCC)C1Cc2ccccc2C1.Cc1ccc(S(=O)(=O)O)cc1. The Bertz CT molecular complexity index is 785. The molecule has 0 heterocycles. The second-order valence-corrected chi connectivity index (χ2v) is 8.58. The van der Waals surface area contributed by atoms with E-state index in [9.17, 15) is 8.42 Å². The molecule has 0 bridgehead atoms. The van der Waals surface area contributed by atoms with Crippen LogP contribution in [0.2, 0.25) is 0 Å². The Hall–Kier alpha value is -1.69. The molecule has 0 saturated heterocycles. The number of rotatable bonds is 6. The minimum atomic E-state index is -4.02. The first-order valence-electron chi connectivity index (χ1n) is 9.70. The molecular weight excluding hydrogens is 358 g/mol. The van der Waals surface area contributed by atoms with Crippen LogP contribution in [0.4, 0.5) is 0 Å². The van der Waals surface area contributed by atoms with E-state index >= 15 is 0 Å². The normalized spacial score (nSPS) is 14.0. The second kappa shape index (κ2) is 10.0. The number of hydrogen-bond donors (Lipinski definition) is 1.